The van der Waals surface area contributed by atoms with E-state index in [1.54, 1.807) is 0 Å². The Morgan fingerprint density at radius 1 is 1.17 bits per heavy atom. The zero-order chi connectivity index (χ0) is 20.4. The van der Waals surface area contributed by atoms with E-state index >= 15 is 0 Å². The van der Waals surface area contributed by atoms with Crippen LogP contribution in [0.4, 0.5) is 0 Å². The monoisotopic (exact) mass is 390 g/mol. The fourth-order valence-electron chi connectivity index (χ4n) is 3.89. The highest BCUT2D eigenvalue weighted by atomic mass is 16.5. The topological polar surface area (TPSA) is 55.6 Å². The Labute approximate surface area is 171 Å². The average molecular weight is 390 g/mol. The molecule has 1 aromatic heterocycles. The molecule has 0 bridgehead atoms. The van der Waals surface area contributed by atoms with Gasteiger partial charge in [-0.2, -0.15) is 0 Å². The smallest absolute Gasteiger partial charge is 0.254 e. The van der Waals surface area contributed by atoms with Gasteiger partial charge in [0, 0.05) is 12.1 Å². The third-order valence-corrected chi connectivity index (χ3v) is 5.62. The number of carbonyl (C=O) groups excluding carboxylic acids is 1. The molecule has 1 atom stereocenters. The zero-order valence-electron chi connectivity index (χ0n) is 17.1. The summed E-state index contributed by atoms with van der Waals surface area (Å²) in [6, 6.07) is 16.0. The van der Waals surface area contributed by atoms with E-state index < -0.39 is 0 Å². The van der Waals surface area contributed by atoms with E-state index in [-0.39, 0.29) is 11.9 Å². The highest BCUT2D eigenvalue weighted by Crippen LogP contribution is 2.33. The molecule has 1 aliphatic heterocycles. The highest BCUT2D eigenvalue weighted by Gasteiger charge is 2.30. The summed E-state index contributed by atoms with van der Waals surface area (Å²) in [6.45, 7) is 7.00. The summed E-state index contributed by atoms with van der Waals surface area (Å²) in [5.41, 5.74) is 4.86. The van der Waals surface area contributed by atoms with Crippen molar-refractivity contribution < 1.29 is 14.1 Å². The first-order valence-corrected chi connectivity index (χ1v) is 10.0. The van der Waals surface area contributed by atoms with Gasteiger partial charge in [-0.3, -0.25) is 4.79 Å². The lowest BCUT2D eigenvalue weighted by molar-refractivity contribution is 0.0735. The Balaban J connectivity index is 1.50. The number of amides is 1. The second-order valence-corrected chi connectivity index (χ2v) is 7.69. The molecule has 1 saturated heterocycles. The first kappa shape index (κ1) is 19.2. The van der Waals surface area contributed by atoms with Crippen molar-refractivity contribution in [3.05, 3.63) is 82.2 Å². The highest BCUT2D eigenvalue weighted by molar-refractivity contribution is 5.95. The Morgan fingerprint density at radius 2 is 1.97 bits per heavy atom. The van der Waals surface area contributed by atoms with Crippen molar-refractivity contribution in [2.75, 3.05) is 6.54 Å². The number of hydrogen-bond acceptors (Lipinski definition) is 4. The quantitative estimate of drug-likeness (QED) is 0.604. The van der Waals surface area contributed by atoms with Crippen molar-refractivity contribution in [3.8, 4) is 5.75 Å². The first-order chi connectivity index (χ1) is 14.0. The van der Waals surface area contributed by atoms with E-state index in [0.717, 1.165) is 36.4 Å². The third-order valence-electron chi connectivity index (χ3n) is 5.62. The molecule has 29 heavy (non-hydrogen) atoms. The van der Waals surface area contributed by atoms with Crippen molar-refractivity contribution >= 4 is 5.91 Å². The Bertz CT molecular complexity index is 988. The molecule has 0 spiro atoms. The summed E-state index contributed by atoms with van der Waals surface area (Å²) in [6.07, 6.45) is 2.02. The summed E-state index contributed by atoms with van der Waals surface area (Å²) in [4.78, 5) is 15.2. The lowest BCUT2D eigenvalue weighted by Crippen LogP contribution is -2.30. The fourth-order valence-corrected chi connectivity index (χ4v) is 3.89. The summed E-state index contributed by atoms with van der Waals surface area (Å²) >= 11 is 0. The van der Waals surface area contributed by atoms with Crippen LogP contribution in [-0.2, 0) is 6.61 Å². The molecule has 3 aromatic rings. The van der Waals surface area contributed by atoms with Gasteiger partial charge in [0.1, 0.15) is 18.1 Å². The van der Waals surface area contributed by atoms with Crippen LogP contribution in [-0.4, -0.2) is 22.5 Å². The number of benzene rings is 2. The SMILES string of the molecule is Cc1ccc(C2CCCN2C(=O)c2cccc(OCc3c(C)noc3C)c2)cc1. The van der Waals surface area contributed by atoms with Gasteiger partial charge in [-0.1, -0.05) is 41.1 Å². The predicted octanol–water partition coefficient (Wildman–Crippen LogP) is 5.16. The molecule has 5 nitrogen and oxygen atoms in total. The molecule has 1 aliphatic rings. The Hall–Kier alpha value is -3.08. The van der Waals surface area contributed by atoms with Crippen LogP contribution in [0.3, 0.4) is 0 Å². The summed E-state index contributed by atoms with van der Waals surface area (Å²) in [5.74, 6) is 1.48. The van der Waals surface area contributed by atoms with Crippen LogP contribution in [0.1, 0.15) is 57.4 Å². The largest absolute Gasteiger partial charge is 0.489 e. The molecule has 5 heteroatoms. The molecule has 4 rings (SSSR count). The predicted molar refractivity (Wildman–Crippen MR) is 111 cm³/mol. The lowest BCUT2D eigenvalue weighted by Gasteiger charge is -2.25. The summed E-state index contributed by atoms with van der Waals surface area (Å²) in [5, 5.41) is 3.95. The summed E-state index contributed by atoms with van der Waals surface area (Å²) in [7, 11) is 0. The molecule has 2 heterocycles. The van der Waals surface area contributed by atoms with Crippen molar-refractivity contribution in [2.45, 2.75) is 46.3 Å². The van der Waals surface area contributed by atoms with Crippen LogP contribution in [0.2, 0.25) is 0 Å². The number of ether oxygens (including phenoxy) is 1. The van der Waals surface area contributed by atoms with Crippen molar-refractivity contribution in [1.82, 2.24) is 10.1 Å². The molecule has 2 aromatic carbocycles. The molecule has 1 fully saturated rings. The van der Waals surface area contributed by atoms with Gasteiger partial charge in [-0.05, 0) is 57.4 Å². The number of aromatic nitrogens is 1. The summed E-state index contributed by atoms with van der Waals surface area (Å²) < 4.78 is 11.1. The lowest BCUT2D eigenvalue weighted by atomic mass is 10.0. The molecule has 0 saturated carbocycles. The number of rotatable bonds is 5. The standard InChI is InChI=1S/C24H26N2O3/c1-16-9-11-19(12-10-16)23-8-5-13-26(23)24(27)20-6-4-7-21(14-20)28-15-22-17(2)25-29-18(22)3/h4,6-7,9-12,14,23H,5,8,13,15H2,1-3H3. The van der Waals surface area contributed by atoms with Gasteiger partial charge in [-0.15, -0.1) is 0 Å². The Kier molecular flexibility index (Phi) is 5.38. The van der Waals surface area contributed by atoms with E-state index in [4.69, 9.17) is 9.26 Å². The maximum Gasteiger partial charge on any atom is 0.254 e. The molecule has 0 N–H and O–H groups in total. The minimum atomic E-state index is 0.0517. The zero-order valence-corrected chi connectivity index (χ0v) is 17.1. The van der Waals surface area contributed by atoms with Gasteiger partial charge in [0.2, 0.25) is 0 Å². The van der Waals surface area contributed by atoms with Gasteiger partial charge < -0.3 is 14.2 Å². The first-order valence-electron chi connectivity index (χ1n) is 10.0. The molecule has 0 aliphatic carbocycles. The van der Waals surface area contributed by atoms with Crippen molar-refractivity contribution in [1.29, 1.82) is 0 Å². The number of likely N-dealkylation sites (tertiary alicyclic amines) is 1. The van der Waals surface area contributed by atoms with Gasteiger partial charge in [-0.25, -0.2) is 0 Å². The molecular weight excluding hydrogens is 364 g/mol. The molecule has 1 unspecified atom stereocenters. The fraction of sp³-hybridized carbons (Fsp3) is 0.333. The van der Waals surface area contributed by atoms with Crippen molar-refractivity contribution in [3.63, 3.8) is 0 Å². The van der Waals surface area contributed by atoms with E-state index in [1.165, 1.54) is 11.1 Å². The molecular formula is C24H26N2O3. The molecule has 1 amide bonds. The molecule has 150 valence electrons. The number of carbonyl (C=O) groups is 1. The third kappa shape index (κ3) is 4.04. The maximum atomic E-state index is 13.2. The van der Waals surface area contributed by atoms with Crippen LogP contribution in [0.5, 0.6) is 5.75 Å². The van der Waals surface area contributed by atoms with Crippen LogP contribution < -0.4 is 4.74 Å². The van der Waals surface area contributed by atoms with Gasteiger partial charge in [0.15, 0.2) is 0 Å². The van der Waals surface area contributed by atoms with E-state index in [2.05, 4.69) is 36.3 Å². The van der Waals surface area contributed by atoms with Crippen LogP contribution in [0, 0.1) is 20.8 Å². The van der Waals surface area contributed by atoms with Gasteiger partial charge in [0.05, 0.1) is 17.3 Å². The van der Waals surface area contributed by atoms with Crippen LogP contribution >= 0.6 is 0 Å². The minimum absolute atomic E-state index is 0.0517. The second-order valence-electron chi connectivity index (χ2n) is 7.69. The van der Waals surface area contributed by atoms with E-state index in [1.807, 2.05) is 43.0 Å². The van der Waals surface area contributed by atoms with Crippen LogP contribution in [0.25, 0.3) is 0 Å². The minimum Gasteiger partial charge on any atom is -0.489 e. The van der Waals surface area contributed by atoms with Crippen molar-refractivity contribution in [2.24, 2.45) is 0 Å². The maximum absolute atomic E-state index is 13.2. The van der Waals surface area contributed by atoms with Gasteiger partial charge in [0.25, 0.3) is 5.91 Å². The Morgan fingerprint density at radius 3 is 2.69 bits per heavy atom. The van der Waals surface area contributed by atoms with E-state index in [9.17, 15) is 4.79 Å². The van der Waals surface area contributed by atoms with E-state index in [0.29, 0.717) is 17.9 Å². The average Bonchev–Trinajstić information content (AvgIpc) is 3.34. The van der Waals surface area contributed by atoms with Gasteiger partial charge >= 0.3 is 0 Å². The number of hydrogen-bond donors (Lipinski definition) is 0. The second kappa shape index (κ2) is 8.11. The number of nitrogens with zero attached hydrogens (tertiary/aromatic N) is 2. The van der Waals surface area contributed by atoms with Crippen LogP contribution in [0.15, 0.2) is 53.1 Å². The normalized spacial score (nSPS) is 16.2. The molecule has 0 radical (unpaired) electrons. The number of aryl methyl sites for hydroxylation is 3.